The van der Waals surface area contributed by atoms with Gasteiger partial charge in [-0.3, -0.25) is 4.98 Å². The summed E-state index contributed by atoms with van der Waals surface area (Å²) in [5.74, 6) is 0. The summed E-state index contributed by atoms with van der Waals surface area (Å²) in [5, 5.41) is 0. The molecular weight excluding hydrogens is 210 g/mol. The first-order valence-corrected chi connectivity index (χ1v) is 6.76. The number of nitrogens with two attached hydrogens (primary N) is 1. The number of hydrogen-bond acceptors (Lipinski definition) is 3. The molecule has 0 amide bonds. The normalized spacial score (nSPS) is 17.1. The molecule has 0 radical (unpaired) electrons. The van der Waals surface area contributed by atoms with E-state index < -0.39 is 0 Å². The van der Waals surface area contributed by atoms with E-state index in [9.17, 15) is 0 Å². The van der Waals surface area contributed by atoms with Crippen LogP contribution in [-0.2, 0) is 6.54 Å². The van der Waals surface area contributed by atoms with Crippen LogP contribution in [0.1, 0.15) is 44.7 Å². The summed E-state index contributed by atoms with van der Waals surface area (Å²) < 4.78 is 0. The molecule has 1 saturated carbocycles. The second-order valence-electron chi connectivity index (χ2n) is 4.79. The van der Waals surface area contributed by atoms with Gasteiger partial charge in [-0.15, -0.1) is 0 Å². The summed E-state index contributed by atoms with van der Waals surface area (Å²) >= 11 is 0. The summed E-state index contributed by atoms with van der Waals surface area (Å²) in [7, 11) is 0. The van der Waals surface area contributed by atoms with Crippen molar-refractivity contribution in [3.8, 4) is 0 Å². The van der Waals surface area contributed by atoms with Gasteiger partial charge in [0.1, 0.15) is 0 Å². The maximum Gasteiger partial charge on any atom is 0.0560 e. The van der Waals surface area contributed by atoms with E-state index in [4.69, 9.17) is 5.73 Å². The standard InChI is InChI=1S/C14H23N3/c1-2-17(13-6-4-3-5-7-13)14-8-9-16-12(10-14)11-15/h8-10,13H,2-7,11,15H2,1H3. The number of nitrogens with zero attached hydrogens (tertiary/aromatic N) is 2. The fourth-order valence-corrected chi connectivity index (χ4v) is 2.80. The molecule has 0 unspecified atom stereocenters. The second kappa shape index (κ2) is 6.01. The van der Waals surface area contributed by atoms with Crippen molar-refractivity contribution >= 4 is 5.69 Å². The number of anilines is 1. The highest BCUT2D eigenvalue weighted by Crippen LogP contribution is 2.27. The molecule has 0 saturated heterocycles. The lowest BCUT2D eigenvalue weighted by Gasteiger charge is -2.35. The molecule has 2 N–H and O–H groups in total. The van der Waals surface area contributed by atoms with Gasteiger partial charge in [0.05, 0.1) is 5.69 Å². The number of aromatic nitrogens is 1. The quantitative estimate of drug-likeness (QED) is 0.869. The minimum Gasteiger partial charge on any atom is -0.369 e. The molecule has 3 heteroatoms. The van der Waals surface area contributed by atoms with Crippen LogP contribution in [0, 0.1) is 0 Å². The van der Waals surface area contributed by atoms with Crippen LogP contribution < -0.4 is 10.6 Å². The fourth-order valence-electron chi connectivity index (χ4n) is 2.80. The number of hydrogen-bond donors (Lipinski definition) is 1. The molecule has 0 spiro atoms. The number of rotatable bonds is 4. The van der Waals surface area contributed by atoms with E-state index in [1.54, 1.807) is 0 Å². The lowest BCUT2D eigenvalue weighted by atomic mass is 9.94. The van der Waals surface area contributed by atoms with Crippen molar-refractivity contribution in [2.45, 2.75) is 51.6 Å². The average Bonchev–Trinajstić information content (AvgIpc) is 2.41. The van der Waals surface area contributed by atoms with Crippen molar-refractivity contribution in [3.63, 3.8) is 0 Å². The summed E-state index contributed by atoms with van der Waals surface area (Å²) in [6.07, 6.45) is 8.68. The molecular formula is C14H23N3. The largest absolute Gasteiger partial charge is 0.369 e. The zero-order chi connectivity index (χ0) is 12.1. The first-order chi connectivity index (χ1) is 8.35. The van der Waals surface area contributed by atoms with E-state index >= 15 is 0 Å². The number of pyridine rings is 1. The Bertz CT molecular complexity index is 345. The first-order valence-electron chi connectivity index (χ1n) is 6.76. The molecule has 1 aromatic rings. The molecule has 2 rings (SSSR count). The Morgan fingerprint density at radius 1 is 1.35 bits per heavy atom. The summed E-state index contributed by atoms with van der Waals surface area (Å²) in [4.78, 5) is 6.78. The van der Waals surface area contributed by atoms with Gasteiger partial charge in [0.25, 0.3) is 0 Å². The first kappa shape index (κ1) is 12.4. The van der Waals surface area contributed by atoms with E-state index in [0.717, 1.165) is 12.2 Å². The SMILES string of the molecule is CCN(c1ccnc(CN)c1)C1CCCCC1. The molecule has 0 bridgehead atoms. The van der Waals surface area contributed by atoms with Gasteiger partial charge in [-0.25, -0.2) is 0 Å². The highest BCUT2D eigenvalue weighted by Gasteiger charge is 2.20. The van der Waals surface area contributed by atoms with Crippen molar-refractivity contribution in [3.05, 3.63) is 24.0 Å². The maximum absolute atomic E-state index is 5.66. The molecule has 17 heavy (non-hydrogen) atoms. The van der Waals surface area contributed by atoms with Crippen LogP contribution >= 0.6 is 0 Å². The highest BCUT2D eigenvalue weighted by atomic mass is 15.2. The van der Waals surface area contributed by atoms with Crippen LogP contribution in [0.15, 0.2) is 18.3 Å². The Morgan fingerprint density at radius 3 is 2.76 bits per heavy atom. The Morgan fingerprint density at radius 2 is 2.12 bits per heavy atom. The van der Waals surface area contributed by atoms with E-state index in [1.165, 1.54) is 37.8 Å². The van der Waals surface area contributed by atoms with E-state index in [0.29, 0.717) is 12.6 Å². The fraction of sp³-hybridized carbons (Fsp3) is 0.643. The highest BCUT2D eigenvalue weighted by molar-refractivity contribution is 5.47. The Hall–Kier alpha value is -1.09. The van der Waals surface area contributed by atoms with Crippen molar-refractivity contribution in [1.29, 1.82) is 0 Å². The molecule has 3 nitrogen and oxygen atoms in total. The van der Waals surface area contributed by atoms with E-state index in [1.807, 2.05) is 6.20 Å². The topological polar surface area (TPSA) is 42.2 Å². The molecule has 0 atom stereocenters. The van der Waals surface area contributed by atoms with Gasteiger partial charge < -0.3 is 10.6 Å². The predicted octanol–water partition coefficient (Wildman–Crippen LogP) is 2.70. The lowest BCUT2D eigenvalue weighted by Crippen LogP contribution is -2.36. The van der Waals surface area contributed by atoms with Crippen molar-refractivity contribution in [1.82, 2.24) is 4.98 Å². The van der Waals surface area contributed by atoms with Gasteiger partial charge in [-0.05, 0) is 31.9 Å². The molecule has 1 aromatic heterocycles. The summed E-state index contributed by atoms with van der Waals surface area (Å²) in [6.45, 7) is 3.83. The van der Waals surface area contributed by atoms with E-state index in [-0.39, 0.29) is 0 Å². The molecule has 1 fully saturated rings. The van der Waals surface area contributed by atoms with Gasteiger partial charge >= 0.3 is 0 Å². The van der Waals surface area contributed by atoms with Crippen molar-refractivity contribution < 1.29 is 0 Å². The van der Waals surface area contributed by atoms with Crippen LogP contribution in [0.4, 0.5) is 5.69 Å². The molecule has 1 aliphatic carbocycles. The van der Waals surface area contributed by atoms with Crippen LogP contribution in [-0.4, -0.2) is 17.6 Å². The second-order valence-corrected chi connectivity index (χ2v) is 4.79. The molecule has 94 valence electrons. The molecule has 1 heterocycles. The van der Waals surface area contributed by atoms with Crippen LogP contribution in [0.2, 0.25) is 0 Å². The predicted molar refractivity (Wildman–Crippen MR) is 72.0 cm³/mol. The Labute approximate surface area is 104 Å². The van der Waals surface area contributed by atoms with Crippen molar-refractivity contribution in [2.24, 2.45) is 5.73 Å². The van der Waals surface area contributed by atoms with Crippen LogP contribution in [0.5, 0.6) is 0 Å². The van der Waals surface area contributed by atoms with Crippen molar-refractivity contribution in [2.75, 3.05) is 11.4 Å². The lowest BCUT2D eigenvalue weighted by molar-refractivity contribution is 0.418. The zero-order valence-electron chi connectivity index (χ0n) is 10.7. The third-order valence-corrected chi connectivity index (χ3v) is 3.70. The van der Waals surface area contributed by atoms with Gasteiger partial charge in [0, 0.05) is 31.0 Å². The zero-order valence-corrected chi connectivity index (χ0v) is 10.7. The monoisotopic (exact) mass is 233 g/mol. The Kier molecular flexibility index (Phi) is 4.37. The van der Waals surface area contributed by atoms with Gasteiger partial charge in [-0.1, -0.05) is 19.3 Å². The third kappa shape index (κ3) is 2.97. The van der Waals surface area contributed by atoms with Gasteiger partial charge in [0.2, 0.25) is 0 Å². The molecule has 0 aliphatic heterocycles. The maximum atomic E-state index is 5.66. The van der Waals surface area contributed by atoms with E-state index in [2.05, 4.69) is 28.9 Å². The van der Waals surface area contributed by atoms with Gasteiger partial charge in [0.15, 0.2) is 0 Å². The average molecular weight is 233 g/mol. The molecule has 0 aromatic carbocycles. The minimum atomic E-state index is 0.524. The third-order valence-electron chi connectivity index (χ3n) is 3.70. The summed E-state index contributed by atoms with van der Waals surface area (Å²) in [6, 6.07) is 4.96. The molecule has 1 aliphatic rings. The van der Waals surface area contributed by atoms with Gasteiger partial charge in [-0.2, -0.15) is 0 Å². The summed E-state index contributed by atoms with van der Waals surface area (Å²) in [5.41, 5.74) is 7.93. The Balaban J connectivity index is 2.15. The van der Waals surface area contributed by atoms with Crippen LogP contribution in [0.3, 0.4) is 0 Å². The minimum absolute atomic E-state index is 0.524. The van der Waals surface area contributed by atoms with Crippen LogP contribution in [0.25, 0.3) is 0 Å². The smallest absolute Gasteiger partial charge is 0.0560 e.